The summed E-state index contributed by atoms with van der Waals surface area (Å²) in [5, 5.41) is 37.7. The van der Waals surface area contributed by atoms with Crippen LogP contribution in [0.1, 0.15) is 32.2 Å². The Balaban J connectivity index is 2.70. The minimum Gasteiger partial charge on any atom is -0.392 e. The number of aliphatic hydroxyl groups is 2. The van der Waals surface area contributed by atoms with E-state index in [-0.39, 0.29) is 18.8 Å². The van der Waals surface area contributed by atoms with Crippen LogP contribution >= 0.6 is 0 Å². The number of aryl methyl sites for hydroxylation is 1. The van der Waals surface area contributed by atoms with Crippen LogP contribution in [0.5, 0.6) is 0 Å². The maximum Gasteiger partial charge on any atom is 0.312 e. The summed E-state index contributed by atoms with van der Waals surface area (Å²) in [7, 11) is 0. The molecular weight excluding hydrogens is 276 g/mol. The van der Waals surface area contributed by atoms with Gasteiger partial charge in [0.2, 0.25) is 0 Å². The molecule has 1 rings (SSSR count). The summed E-state index contributed by atoms with van der Waals surface area (Å²) in [5.74, 6) is 0. The van der Waals surface area contributed by atoms with Gasteiger partial charge in [0, 0.05) is 12.1 Å². The first-order valence-electron chi connectivity index (χ1n) is 6.85. The first-order chi connectivity index (χ1) is 9.56. The van der Waals surface area contributed by atoms with Crippen LogP contribution in [0.15, 0.2) is 0 Å². The van der Waals surface area contributed by atoms with Crippen molar-refractivity contribution < 1.29 is 15.1 Å². The van der Waals surface area contributed by atoms with Crippen LogP contribution in [0.4, 0.5) is 5.69 Å². The zero-order valence-electron chi connectivity index (χ0n) is 13.1. The van der Waals surface area contributed by atoms with Gasteiger partial charge in [-0.25, -0.2) is 0 Å². The van der Waals surface area contributed by atoms with Gasteiger partial charge in [-0.2, -0.15) is 5.10 Å². The minimum absolute atomic E-state index is 0.0144. The molecule has 0 aliphatic rings. The highest BCUT2D eigenvalue weighted by molar-refractivity contribution is 5.39. The van der Waals surface area contributed by atoms with Crippen LogP contribution in [-0.2, 0) is 6.54 Å². The molecule has 2 atom stereocenters. The number of rotatable bonds is 7. The summed E-state index contributed by atoms with van der Waals surface area (Å²) in [6, 6.07) is 0. The Morgan fingerprint density at radius 2 is 2.00 bits per heavy atom. The Bertz CT molecular complexity index is 511. The zero-order chi connectivity index (χ0) is 16.4. The lowest BCUT2D eigenvalue weighted by Crippen LogP contribution is -2.51. The topological polar surface area (TPSA) is 113 Å². The van der Waals surface area contributed by atoms with Crippen molar-refractivity contribution in [1.82, 2.24) is 15.1 Å². The van der Waals surface area contributed by atoms with E-state index in [9.17, 15) is 20.3 Å². The lowest BCUT2D eigenvalue weighted by Gasteiger charge is -2.30. The average Bonchev–Trinajstić information content (AvgIpc) is 2.61. The molecule has 8 heteroatoms. The van der Waals surface area contributed by atoms with Crippen molar-refractivity contribution in [2.45, 2.75) is 58.9 Å². The number of nitro groups is 1. The molecule has 3 N–H and O–H groups in total. The standard InChI is InChI=1S/C13H24N4O4/c1-8-12(17(20)21)9(2)16(15-8)7-11(19)6-14-13(4,5)10(3)18/h10-11,14,18-19H,6-7H2,1-5H3. The Kier molecular flexibility index (Phi) is 5.43. The van der Waals surface area contributed by atoms with Crippen LogP contribution in [0, 0.1) is 24.0 Å². The fourth-order valence-electron chi connectivity index (χ4n) is 1.92. The molecule has 21 heavy (non-hydrogen) atoms. The number of aromatic nitrogens is 2. The predicted molar refractivity (Wildman–Crippen MR) is 78.1 cm³/mol. The first kappa shape index (κ1) is 17.5. The van der Waals surface area contributed by atoms with E-state index < -0.39 is 22.7 Å². The fourth-order valence-corrected chi connectivity index (χ4v) is 1.92. The van der Waals surface area contributed by atoms with Crippen molar-refractivity contribution in [3.8, 4) is 0 Å². The summed E-state index contributed by atoms with van der Waals surface area (Å²) in [5.41, 5.74) is 0.218. The Hall–Kier alpha value is -1.51. The number of nitrogens with one attached hydrogen (secondary N) is 1. The van der Waals surface area contributed by atoms with Gasteiger partial charge in [0.1, 0.15) is 11.4 Å². The van der Waals surface area contributed by atoms with E-state index in [1.54, 1.807) is 20.8 Å². The molecular formula is C13H24N4O4. The lowest BCUT2D eigenvalue weighted by atomic mass is 9.98. The largest absolute Gasteiger partial charge is 0.392 e. The van der Waals surface area contributed by atoms with E-state index in [1.165, 1.54) is 4.68 Å². The van der Waals surface area contributed by atoms with E-state index in [0.29, 0.717) is 11.4 Å². The Morgan fingerprint density at radius 3 is 2.43 bits per heavy atom. The minimum atomic E-state index is -0.763. The highest BCUT2D eigenvalue weighted by Crippen LogP contribution is 2.21. The zero-order valence-corrected chi connectivity index (χ0v) is 13.1. The number of nitrogens with zero attached hydrogens (tertiary/aromatic N) is 3. The smallest absolute Gasteiger partial charge is 0.312 e. The maximum atomic E-state index is 10.9. The van der Waals surface area contributed by atoms with Crippen LogP contribution in [0.25, 0.3) is 0 Å². The van der Waals surface area contributed by atoms with Gasteiger partial charge in [0.05, 0.1) is 23.7 Å². The molecule has 0 aromatic carbocycles. The number of aliphatic hydroxyl groups excluding tert-OH is 2. The van der Waals surface area contributed by atoms with E-state index >= 15 is 0 Å². The summed E-state index contributed by atoms with van der Waals surface area (Å²) < 4.78 is 1.44. The van der Waals surface area contributed by atoms with Gasteiger partial charge >= 0.3 is 5.69 Å². The predicted octanol–water partition coefficient (Wildman–Crippen LogP) is 0.518. The monoisotopic (exact) mass is 300 g/mol. The number of β-amino-alcohol motifs (C(OH)–C–C–N with tert-alkyl or cyclic N) is 1. The summed E-state index contributed by atoms with van der Waals surface area (Å²) in [4.78, 5) is 10.5. The molecule has 8 nitrogen and oxygen atoms in total. The number of hydrogen-bond donors (Lipinski definition) is 3. The van der Waals surface area contributed by atoms with Gasteiger partial charge in [0.25, 0.3) is 0 Å². The maximum absolute atomic E-state index is 10.9. The van der Waals surface area contributed by atoms with E-state index in [0.717, 1.165) is 0 Å². The summed E-state index contributed by atoms with van der Waals surface area (Å²) in [6.07, 6.45) is -1.33. The van der Waals surface area contributed by atoms with Crippen molar-refractivity contribution in [1.29, 1.82) is 0 Å². The molecule has 0 aliphatic heterocycles. The fraction of sp³-hybridized carbons (Fsp3) is 0.769. The summed E-state index contributed by atoms with van der Waals surface area (Å²) in [6.45, 7) is 8.93. The van der Waals surface area contributed by atoms with Crippen LogP contribution < -0.4 is 5.32 Å². The second-order valence-electron chi connectivity index (χ2n) is 5.89. The van der Waals surface area contributed by atoms with Gasteiger partial charge < -0.3 is 15.5 Å². The highest BCUT2D eigenvalue weighted by atomic mass is 16.6. The molecule has 0 bridgehead atoms. The molecule has 0 radical (unpaired) electrons. The quantitative estimate of drug-likeness (QED) is 0.499. The van der Waals surface area contributed by atoms with Crippen molar-refractivity contribution >= 4 is 5.69 Å². The third-order valence-corrected chi connectivity index (χ3v) is 3.75. The molecule has 0 amide bonds. The van der Waals surface area contributed by atoms with Gasteiger partial charge in [-0.1, -0.05) is 0 Å². The third-order valence-electron chi connectivity index (χ3n) is 3.75. The van der Waals surface area contributed by atoms with Gasteiger partial charge in [-0.3, -0.25) is 14.8 Å². The van der Waals surface area contributed by atoms with Crippen LogP contribution in [0.3, 0.4) is 0 Å². The van der Waals surface area contributed by atoms with Crippen LogP contribution in [0.2, 0.25) is 0 Å². The van der Waals surface area contributed by atoms with Gasteiger partial charge in [0.15, 0.2) is 0 Å². The molecule has 0 fully saturated rings. The Labute approximate surface area is 123 Å². The molecule has 1 aromatic heterocycles. The van der Waals surface area contributed by atoms with E-state index in [2.05, 4.69) is 10.4 Å². The molecule has 1 aromatic rings. The second kappa shape index (κ2) is 6.50. The van der Waals surface area contributed by atoms with Crippen LogP contribution in [-0.4, -0.2) is 49.2 Å². The molecule has 0 saturated heterocycles. The van der Waals surface area contributed by atoms with E-state index in [1.807, 2.05) is 13.8 Å². The van der Waals surface area contributed by atoms with Crippen molar-refractivity contribution in [3.63, 3.8) is 0 Å². The molecule has 120 valence electrons. The normalized spacial score (nSPS) is 15.0. The molecule has 1 heterocycles. The average molecular weight is 300 g/mol. The van der Waals surface area contributed by atoms with Crippen molar-refractivity contribution in [3.05, 3.63) is 21.5 Å². The second-order valence-corrected chi connectivity index (χ2v) is 5.89. The molecule has 2 unspecified atom stereocenters. The van der Waals surface area contributed by atoms with Crippen molar-refractivity contribution in [2.75, 3.05) is 6.54 Å². The Morgan fingerprint density at radius 1 is 1.43 bits per heavy atom. The molecule has 0 spiro atoms. The highest BCUT2D eigenvalue weighted by Gasteiger charge is 2.26. The summed E-state index contributed by atoms with van der Waals surface area (Å²) >= 11 is 0. The number of hydrogen-bond acceptors (Lipinski definition) is 6. The van der Waals surface area contributed by atoms with Gasteiger partial charge in [-0.15, -0.1) is 0 Å². The lowest BCUT2D eigenvalue weighted by molar-refractivity contribution is -0.386. The van der Waals surface area contributed by atoms with Gasteiger partial charge in [-0.05, 0) is 34.6 Å². The third kappa shape index (κ3) is 4.23. The van der Waals surface area contributed by atoms with Crippen molar-refractivity contribution in [2.24, 2.45) is 0 Å². The van der Waals surface area contributed by atoms with E-state index in [4.69, 9.17) is 0 Å². The molecule has 0 aliphatic carbocycles. The SMILES string of the molecule is Cc1nn(CC(O)CNC(C)(C)C(C)O)c(C)c1[N+](=O)[O-]. The first-order valence-corrected chi connectivity index (χ1v) is 6.85. The molecule has 0 saturated carbocycles.